The monoisotopic (exact) mass is 234 g/mol. The first kappa shape index (κ1) is 10.5. The van der Waals surface area contributed by atoms with E-state index >= 15 is 0 Å². The number of halogens is 1. The average molecular weight is 235 g/mol. The van der Waals surface area contributed by atoms with Crippen LogP contribution < -0.4 is 0 Å². The molecule has 0 aromatic rings. The van der Waals surface area contributed by atoms with Gasteiger partial charge in [-0.1, -0.05) is 18.6 Å². The maximum absolute atomic E-state index is 10.8. The topological polar surface area (TPSA) is 34.1 Å². The Labute approximate surface area is 89.8 Å². The first-order chi connectivity index (χ1) is 6.47. The van der Waals surface area contributed by atoms with Crippen molar-refractivity contribution < 1.29 is 8.42 Å². The second-order valence-corrected chi connectivity index (χ2v) is 7.37. The Morgan fingerprint density at radius 2 is 2.29 bits per heavy atom. The summed E-state index contributed by atoms with van der Waals surface area (Å²) in [5, 5.41) is 0. The molecule has 14 heavy (non-hydrogen) atoms. The van der Waals surface area contributed by atoms with Gasteiger partial charge in [0.2, 0.25) is 9.05 Å². The molecule has 2 bridgehead atoms. The fraction of sp³-hybridized carbons (Fsp3) is 0.800. The molecule has 0 amide bonds. The molecule has 0 aromatic heterocycles. The zero-order valence-corrected chi connectivity index (χ0v) is 9.81. The lowest BCUT2D eigenvalue weighted by Gasteiger charge is -2.48. The molecule has 3 rings (SSSR count). The molecule has 0 heterocycles. The molecule has 0 spiro atoms. The minimum atomic E-state index is -3.32. The van der Waals surface area contributed by atoms with Gasteiger partial charge in [0.05, 0.1) is 5.75 Å². The second kappa shape index (κ2) is 3.53. The molecule has 2 nitrogen and oxygen atoms in total. The molecule has 1 saturated carbocycles. The van der Waals surface area contributed by atoms with Crippen molar-refractivity contribution in [3.8, 4) is 0 Å². The first-order valence-corrected chi connectivity index (χ1v) is 7.56. The van der Waals surface area contributed by atoms with Crippen LogP contribution in [-0.2, 0) is 9.05 Å². The summed E-state index contributed by atoms with van der Waals surface area (Å²) in [4.78, 5) is 0. The summed E-state index contributed by atoms with van der Waals surface area (Å²) >= 11 is 0. The summed E-state index contributed by atoms with van der Waals surface area (Å²) in [5.41, 5.74) is 1.32. The smallest absolute Gasteiger partial charge is 0.212 e. The number of fused-ring (bicyclic) bond motifs is 1. The Balaban J connectivity index is 1.96. The predicted octanol–water partition coefficient (Wildman–Crippen LogP) is 2.55. The molecule has 0 saturated heterocycles. The Morgan fingerprint density at radius 3 is 2.79 bits per heavy atom. The van der Waals surface area contributed by atoms with Crippen LogP contribution in [-0.4, -0.2) is 14.2 Å². The zero-order chi connectivity index (χ0) is 10.3. The zero-order valence-electron chi connectivity index (χ0n) is 8.24. The standard InChI is InChI=1S/C10H15ClO2S/c1-7-9-3-2-8(10(7)6-9)4-5-14(11,12)13/h2,7,9-10H,3-6H2,1H3/t7?,9-,10+/m0/s1. The van der Waals surface area contributed by atoms with E-state index < -0.39 is 9.05 Å². The van der Waals surface area contributed by atoms with Gasteiger partial charge in [0.25, 0.3) is 0 Å². The summed E-state index contributed by atoms with van der Waals surface area (Å²) in [7, 11) is 1.88. The van der Waals surface area contributed by atoms with Gasteiger partial charge in [-0.2, -0.15) is 0 Å². The van der Waals surface area contributed by atoms with Crippen molar-refractivity contribution in [3.63, 3.8) is 0 Å². The van der Waals surface area contributed by atoms with E-state index in [-0.39, 0.29) is 5.75 Å². The van der Waals surface area contributed by atoms with Crippen molar-refractivity contribution in [2.75, 3.05) is 5.75 Å². The Morgan fingerprint density at radius 1 is 1.57 bits per heavy atom. The summed E-state index contributed by atoms with van der Waals surface area (Å²) in [6.45, 7) is 2.26. The lowest BCUT2D eigenvalue weighted by molar-refractivity contribution is 0.101. The van der Waals surface area contributed by atoms with Crippen LogP contribution in [0.1, 0.15) is 26.2 Å². The molecular weight excluding hydrogens is 220 g/mol. The van der Waals surface area contributed by atoms with Crippen LogP contribution in [0.25, 0.3) is 0 Å². The highest BCUT2D eigenvalue weighted by molar-refractivity contribution is 8.13. The molecule has 3 aliphatic rings. The fourth-order valence-corrected chi connectivity index (χ4v) is 3.38. The van der Waals surface area contributed by atoms with Gasteiger partial charge in [-0.15, -0.1) is 0 Å². The SMILES string of the molecule is CC1[C@H]2CC=C(CCS(=O)(=O)Cl)[C@@H]1C2. The van der Waals surface area contributed by atoms with Crippen LogP contribution in [0.4, 0.5) is 0 Å². The summed E-state index contributed by atoms with van der Waals surface area (Å²) < 4.78 is 21.6. The third kappa shape index (κ3) is 1.98. The molecule has 80 valence electrons. The average Bonchev–Trinajstić information content (AvgIpc) is 2.13. The van der Waals surface area contributed by atoms with Crippen LogP contribution in [0.2, 0.25) is 0 Å². The molecule has 3 aliphatic carbocycles. The maximum atomic E-state index is 10.8. The summed E-state index contributed by atoms with van der Waals surface area (Å²) in [5.74, 6) is 2.35. The Kier molecular flexibility index (Phi) is 2.64. The minimum Gasteiger partial charge on any atom is -0.212 e. The Bertz CT molecular complexity index is 358. The second-order valence-electron chi connectivity index (χ2n) is 4.47. The molecule has 4 heteroatoms. The van der Waals surface area contributed by atoms with E-state index in [0.717, 1.165) is 18.3 Å². The van der Waals surface area contributed by atoms with Crippen molar-refractivity contribution >= 4 is 19.7 Å². The lowest BCUT2D eigenvalue weighted by atomic mass is 9.57. The molecule has 0 radical (unpaired) electrons. The van der Waals surface area contributed by atoms with Gasteiger partial charge in [0.1, 0.15) is 0 Å². The molecule has 1 fully saturated rings. The number of hydrogen-bond donors (Lipinski definition) is 0. The first-order valence-electron chi connectivity index (χ1n) is 5.08. The van der Waals surface area contributed by atoms with Gasteiger partial charge in [-0.25, -0.2) is 8.42 Å². The molecular formula is C10H15ClO2S. The van der Waals surface area contributed by atoms with Crippen LogP contribution in [0.3, 0.4) is 0 Å². The molecule has 0 aliphatic heterocycles. The van der Waals surface area contributed by atoms with Crippen LogP contribution in [0.15, 0.2) is 11.6 Å². The third-order valence-electron chi connectivity index (χ3n) is 3.73. The van der Waals surface area contributed by atoms with Crippen molar-refractivity contribution in [2.24, 2.45) is 17.8 Å². The largest absolute Gasteiger partial charge is 0.232 e. The van der Waals surface area contributed by atoms with E-state index in [2.05, 4.69) is 13.0 Å². The van der Waals surface area contributed by atoms with Crippen molar-refractivity contribution in [2.45, 2.75) is 26.2 Å². The van der Waals surface area contributed by atoms with Crippen molar-refractivity contribution in [3.05, 3.63) is 11.6 Å². The van der Waals surface area contributed by atoms with E-state index in [0.29, 0.717) is 12.3 Å². The molecule has 3 atom stereocenters. The number of allylic oxidation sites excluding steroid dienone is 2. The van der Waals surface area contributed by atoms with E-state index in [1.165, 1.54) is 12.0 Å². The molecule has 1 unspecified atom stereocenters. The van der Waals surface area contributed by atoms with E-state index in [1.807, 2.05) is 0 Å². The lowest BCUT2D eigenvalue weighted by Crippen LogP contribution is -2.39. The molecule has 0 aromatic carbocycles. The Hall–Kier alpha value is -0.0200. The highest BCUT2D eigenvalue weighted by Crippen LogP contribution is 2.51. The highest BCUT2D eigenvalue weighted by Gasteiger charge is 2.41. The van der Waals surface area contributed by atoms with Gasteiger partial charge in [0, 0.05) is 10.7 Å². The number of rotatable bonds is 3. The fourth-order valence-electron chi connectivity index (χ4n) is 2.67. The third-order valence-corrected chi connectivity index (χ3v) is 4.88. The van der Waals surface area contributed by atoms with Crippen molar-refractivity contribution in [1.82, 2.24) is 0 Å². The normalized spacial score (nSPS) is 36.1. The number of hydrogen-bond acceptors (Lipinski definition) is 2. The summed E-state index contributed by atoms with van der Waals surface area (Å²) in [6, 6.07) is 0. The molecule has 0 N–H and O–H groups in total. The van der Waals surface area contributed by atoms with Crippen molar-refractivity contribution in [1.29, 1.82) is 0 Å². The van der Waals surface area contributed by atoms with Gasteiger partial charge in [-0.3, -0.25) is 0 Å². The van der Waals surface area contributed by atoms with Gasteiger partial charge in [0.15, 0.2) is 0 Å². The van der Waals surface area contributed by atoms with Gasteiger partial charge < -0.3 is 0 Å². The predicted molar refractivity (Wildman–Crippen MR) is 57.7 cm³/mol. The van der Waals surface area contributed by atoms with E-state index in [9.17, 15) is 8.42 Å². The maximum Gasteiger partial charge on any atom is 0.232 e. The van der Waals surface area contributed by atoms with E-state index in [4.69, 9.17) is 10.7 Å². The van der Waals surface area contributed by atoms with Crippen LogP contribution >= 0.6 is 10.7 Å². The minimum absolute atomic E-state index is 0.0915. The highest BCUT2D eigenvalue weighted by atomic mass is 35.7. The van der Waals surface area contributed by atoms with Crippen LogP contribution in [0, 0.1) is 17.8 Å². The van der Waals surface area contributed by atoms with E-state index in [1.54, 1.807) is 0 Å². The van der Waals surface area contributed by atoms with Gasteiger partial charge in [-0.05, 0) is 37.0 Å². The van der Waals surface area contributed by atoms with Crippen LogP contribution in [0.5, 0.6) is 0 Å². The van der Waals surface area contributed by atoms with Gasteiger partial charge >= 0.3 is 0 Å². The summed E-state index contributed by atoms with van der Waals surface area (Å²) in [6.07, 6.45) is 5.25. The quantitative estimate of drug-likeness (QED) is 0.556.